The molecule has 1 aliphatic rings. The van der Waals surface area contributed by atoms with Crippen molar-refractivity contribution in [3.05, 3.63) is 53.0 Å². The van der Waals surface area contributed by atoms with Gasteiger partial charge in [0.25, 0.3) is 0 Å². The molecule has 0 radical (unpaired) electrons. The van der Waals surface area contributed by atoms with Gasteiger partial charge in [0.05, 0.1) is 11.4 Å². The van der Waals surface area contributed by atoms with E-state index in [2.05, 4.69) is 31.0 Å². The highest BCUT2D eigenvalue weighted by Gasteiger charge is 2.39. The number of aromatic nitrogens is 6. The summed E-state index contributed by atoms with van der Waals surface area (Å²) in [5, 5.41) is 28.8. The summed E-state index contributed by atoms with van der Waals surface area (Å²) in [4.78, 5) is 0. The molecule has 1 aliphatic carbocycles. The number of halogens is 4. The Bertz CT molecular complexity index is 1140. The van der Waals surface area contributed by atoms with Gasteiger partial charge < -0.3 is 5.32 Å². The fourth-order valence-corrected chi connectivity index (χ4v) is 3.41. The minimum Gasteiger partial charge on any atom is -0.358 e. The Morgan fingerprint density at radius 2 is 2.07 bits per heavy atom. The zero-order valence-electron chi connectivity index (χ0n) is 15.3. The van der Waals surface area contributed by atoms with Crippen molar-refractivity contribution in [2.75, 3.05) is 5.32 Å². The molecule has 12 heteroatoms. The average molecular weight is 418 g/mol. The maximum Gasteiger partial charge on any atom is 0.435 e. The molecule has 0 spiro atoms. The summed E-state index contributed by atoms with van der Waals surface area (Å²) in [5.74, 6) is -0.594. The van der Waals surface area contributed by atoms with Crippen molar-refractivity contribution in [2.45, 2.75) is 31.9 Å². The quantitative estimate of drug-likeness (QED) is 0.497. The monoisotopic (exact) mass is 418 g/mol. The van der Waals surface area contributed by atoms with Crippen LogP contribution in [0, 0.1) is 17.1 Å². The minimum atomic E-state index is -4.59. The van der Waals surface area contributed by atoms with Gasteiger partial charge in [-0.15, -0.1) is 10.2 Å². The van der Waals surface area contributed by atoms with Crippen molar-refractivity contribution in [1.29, 1.82) is 5.26 Å². The molecular formula is C18H14F4N8. The Morgan fingerprint density at radius 3 is 2.77 bits per heavy atom. The topological polar surface area (TPSA) is 108 Å². The number of tetrazole rings is 1. The molecule has 0 unspecified atom stereocenters. The van der Waals surface area contributed by atoms with E-state index in [1.165, 1.54) is 16.9 Å². The Morgan fingerprint density at radius 1 is 1.27 bits per heavy atom. The number of benzene rings is 1. The normalized spacial score (nSPS) is 14.3. The molecular weight excluding hydrogens is 404 g/mol. The van der Waals surface area contributed by atoms with E-state index >= 15 is 0 Å². The van der Waals surface area contributed by atoms with E-state index < -0.39 is 17.7 Å². The fraction of sp³-hybridized carbons (Fsp3) is 0.278. The number of anilines is 1. The molecule has 30 heavy (non-hydrogen) atoms. The van der Waals surface area contributed by atoms with E-state index in [-0.39, 0.29) is 34.8 Å². The number of alkyl halides is 3. The first-order valence-corrected chi connectivity index (χ1v) is 8.97. The SMILES string of the molecule is N#CC(=CNc1cc(F)ccc1-n1nc(C(F)(F)F)c2c1CCCC2)c1nn[nH]n1. The summed E-state index contributed by atoms with van der Waals surface area (Å²) in [6.07, 6.45) is -1.27. The van der Waals surface area contributed by atoms with Crippen molar-refractivity contribution in [1.82, 2.24) is 30.4 Å². The van der Waals surface area contributed by atoms with Gasteiger partial charge >= 0.3 is 6.18 Å². The molecule has 4 rings (SSSR count). The molecule has 1 aromatic carbocycles. The number of allylic oxidation sites excluding steroid dienone is 1. The number of nitrogens with zero attached hydrogens (tertiary/aromatic N) is 6. The number of hydrogen-bond acceptors (Lipinski definition) is 6. The largest absolute Gasteiger partial charge is 0.435 e. The van der Waals surface area contributed by atoms with Crippen molar-refractivity contribution in [2.24, 2.45) is 0 Å². The van der Waals surface area contributed by atoms with E-state index in [0.717, 1.165) is 18.6 Å². The van der Waals surface area contributed by atoms with Gasteiger partial charge in [-0.1, -0.05) is 0 Å². The number of hydrogen-bond donors (Lipinski definition) is 2. The number of nitriles is 1. The second kappa shape index (κ2) is 7.58. The zero-order valence-corrected chi connectivity index (χ0v) is 15.3. The third-order valence-electron chi connectivity index (χ3n) is 4.71. The Labute approximate surface area is 167 Å². The highest BCUT2D eigenvalue weighted by atomic mass is 19.4. The Hall–Kier alpha value is -3.75. The molecule has 0 aliphatic heterocycles. The molecule has 8 nitrogen and oxygen atoms in total. The molecule has 2 heterocycles. The molecule has 2 aromatic heterocycles. The maximum absolute atomic E-state index is 13.9. The van der Waals surface area contributed by atoms with Gasteiger partial charge in [0, 0.05) is 17.5 Å². The van der Waals surface area contributed by atoms with Crippen LogP contribution >= 0.6 is 0 Å². The molecule has 0 saturated heterocycles. The van der Waals surface area contributed by atoms with Gasteiger partial charge in [-0.3, -0.25) is 0 Å². The van der Waals surface area contributed by atoms with Crippen molar-refractivity contribution in [3.8, 4) is 11.8 Å². The third-order valence-corrected chi connectivity index (χ3v) is 4.71. The highest BCUT2D eigenvalue weighted by Crippen LogP contribution is 2.37. The van der Waals surface area contributed by atoms with E-state index in [1.54, 1.807) is 0 Å². The first kappa shape index (κ1) is 19.6. The van der Waals surface area contributed by atoms with Crippen LogP contribution in [0.4, 0.5) is 23.2 Å². The fourth-order valence-electron chi connectivity index (χ4n) is 3.41. The maximum atomic E-state index is 13.9. The van der Waals surface area contributed by atoms with Gasteiger partial charge in [-0.05, 0) is 49.1 Å². The lowest BCUT2D eigenvalue weighted by Gasteiger charge is -2.16. The van der Waals surface area contributed by atoms with Gasteiger partial charge in [-0.25, -0.2) is 9.07 Å². The van der Waals surface area contributed by atoms with Gasteiger partial charge in [0.2, 0.25) is 5.82 Å². The number of aromatic amines is 1. The zero-order chi connectivity index (χ0) is 21.3. The predicted molar refractivity (Wildman–Crippen MR) is 96.6 cm³/mol. The molecule has 0 bridgehead atoms. The average Bonchev–Trinajstić information content (AvgIpc) is 3.37. The van der Waals surface area contributed by atoms with E-state index in [0.29, 0.717) is 18.5 Å². The highest BCUT2D eigenvalue weighted by molar-refractivity contribution is 5.75. The van der Waals surface area contributed by atoms with Crippen LogP contribution in [0.15, 0.2) is 24.4 Å². The molecule has 154 valence electrons. The van der Waals surface area contributed by atoms with Crippen LogP contribution in [0.25, 0.3) is 11.3 Å². The summed E-state index contributed by atoms with van der Waals surface area (Å²) in [5.41, 5.74) is 0.0578. The molecule has 2 N–H and O–H groups in total. The summed E-state index contributed by atoms with van der Waals surface area (Å²) in [6.45, 7) is 0. The van der Waals surface area contributed by atoms with Crippen LogP contribution in [0.5, 0.6) is 0 Å². The summed E-state index contributed by atoms with van der Waals surface area (Å²) >= 11 is 0. The van der Waals surface area contributed by atoms with Crippen LogP contribution < -0.4 is 5.32 Å². The first-order chi connectivity index (χ1) is 14.4. The lowest BCUT2D eigenvalue weighted by molar-refractivity contribution is -0.142. The van der Waals surface area contributed by atoms with Crippen molar-refractivity contribution >= 4 is 11.3 Å². The van der Waals surface area contributed by atoms with Gasteiger partial charge in [0.15, 0.2) is 5.69 Å². The molecule has 0 fully saturated rings. The lowest BCUT2D eigenvalue weighted by atomic mass is 9.95. The van der Waals surface area contributed by atoms with Crippen molar-refractivity contribution < 1.29 is 17.6 Å². The molecule has 0 atom stereocenters. The van der Waals surface area contributed by atoms with Crippen LogP contribution in [0.3, 0.4) is 0 Å². The van der Waals surface area contributed by atoms with Crippen LogP contribution in [0.2, 0.25) is 0 Å². The Kier molecular flexibility index (Phi) is 4.94. The predicted octanol–water partition coefficient (Wildman–Crippen LogP) is 3.40. The van der Waals surface area contributed by atoms with Crippen molar-refractivity contribution in [3.63, 3.8) is 0 Å². The molecule has 0 saturated carbocycles. The number of nitrogens with one attached hydrogen (secondary N) is 2. The summed E-state index contributed by atoms with van der Waals surface area (Å²) in [6, 6.07) is 5.46. The summed E-state index contributed by atoms with van der Waals surface area (Å²) in [7, 11) is 0. The first-order valence-electron chi connectivity index (χ1n) is 8.97. The second-order valence-corrected chi connectivity index (χ2v) is 6.60. The number of rotatable bonds is 4. The smallest absolute Gasteiger partial charge is 0.358 e. The third kappa shape index (κ3) is 3.61. The van der Waals surface area contributed by atoms with E-state index in [9.17, 15) is 22.8 Å². The lowest BCUT2D eigenvalue weighted by Crippen LogP contribution is -2.11. The minimum absolute atomic E-state index is 0.00237. The van der Waals surface area contributed by atoms with Crippen LogP contribution in [-0.4, -0.2) is 30.4 Å². The van der Waals surface area contributed by atoms with Crippen LogP contribution in [0.1, 0.15) is 35.6 Å². The number of fused-ring (bicyclic) bond motifs is 1. The Balaban J connectivity index is 1.80. The summed E-state index contributed by atoms with van der Waals surface area (Å²) < 4.78 is 55.6. The van der Waals surface area contributed by atoms with Crippen LogP contribution in [-0.2, 0) is 19.0 Å². The second-order valence-electron chi connectivity index (χ2n) is 6.60. The standard InChI is InChI=1S/C18H14F4N8/c19-11-5-6-15(13(7-11)24-9-10(8-23)17-25-28-29-26-17)30-14-4-2-1-3-12(14)16(27-30)18(20,21)22/h5-7,9,24H,1-4H2,(H,25,26,28,29). The van der Waals surface area contributed by atoms with Gasteiger partial charge in [-0.2, -0.15) is 28.7 Å². The van der Waals surface area contributed by atoms with E-state index in [1.807, 2.05) is 6.07 Å². The molecule has 3 aromatic rings. The number of H-pyrrole nitrogens is 1. The van der Waals surface area contributed by atoms with E-state index in [4.69, 9.17) is 0 Å². The molecule has 0 amide bonds. The van der Waals surface area contributed by atoms with Gasteiger partial charge in [0.1, 0.15) is 17.5 Å².